The topological polar surface area (TPSA) is 116 Å². The number of hydrazine groups is 1. The van der Waals surface area contributed by atoms with Crippen LogP contribution in [0, 0.1) is 10.1 Å². The van der Waals surface area contributed by atoms with E-state index in [1.807, 2.05) is 0 Å². The molecule has 8 heteroatoms. The number of ether oxygens (including phenoxy) is 1. The Morgan fingerprint density at radius 3 is 2.61 bits per heavy atom. The zero-order valence-electron chi connectivity index (χ0n) is 9.11. The number of nitrogen functional groups attached to an aromatic ring is 1. The standard InChI is InChI=1S/C10H9N5O3/c11-14-9-8(15(16)17)10(13-6-12-9)18-7-4-2-1-3-5-7/h1-6H,11H2,(H,12,13,14). The summed E-state index contributed by atoms with van der Waals surface area (Å²) in [4.78, 5) is 17.7. The van der Waals surface area contributed by atoms with Crippen LogP contribution in [0.5, 0.6) is 11.6 Å². The van der Waals surface area contributed by atoms with Crippen LogP contribution in [-0.2, 0) is 0 Å². The van der Waals surface area contributed by atoms with Crippen LogP contribution < -0.4 is 16.0 Å². The van der Waals surface area contributed by atoms with Crippen LogP contribution in [0.2, 0.25) is 0 Å². The molecular formula is C10H9N5O3. The molecular weight excluding hydrogens is 238 g/mol. The summed E-state index contributed by atoms with van der Waals surface area (Å²) in [5, 5.41) is 10.9. The molecule has 1 aromatic carbocycles. The number of hydrogen-bond donors (Lipinski definition) is 2. The third kappa shape index (κ3) is 2.33. The van der Waals surface area contributed by atoms with Crippen molar-refractivity contribution in [3.05, 3.63) is 46.8 Å². The molecule has 1 heterocycles. The van der Waals surface area contributed by atoms with E-state index in [2.05, 4.69) is 15.4 Å². The maximum Gasteiger partial charge on any atom is 0.374 e. The molecule has 0 radical (unpaired) electrons. The quantitative estimate of drug-likeness (QED) is 0.477. The van der Waals surface area contributed by atoms with E-state index < -0.39 is 10.6 Å². The van der Waals surface area contributed by atoms with Crippen LogP contribution in [0.15, 0.2) is 36.7 Å². The molecule has 0 fully saturated rings. The minimum absolute atomic E-state index is 0.110. The molecule has 0 saturated heterocycles. The van der Waals surface area contributed by atoms with Crippen molar-refractivity contribution in [1.82, 2.24) is 9.97 Å². The van der Waals surface area contributed by atoms with Crippen molar-refractivity contribution in [1.29, 1.82) is 0 Å². The zero-order valence-corrected chi connectivity index (χ0v) is 9.11. The van der Waals surface area contributed by atoms with Crippen LogP contribution in [0.25, 0.3) is 0 Å². The molecule has 0 unspecified atom stereocenters. The summed E-state index contributed by atoms with van der Waals surface area (Å²) in [6.07, 6.45) is 1.13. The molecule has 0 bridgehead atoms. The van der Waals surface area contributed by atoms with E-state index in [0.29, 0.717) is 5.75 Å². The third-order valence-corrected chi connectivity index (χ3v) is 2.07. The van der Waals surface area contributed by atoms with Gasteiger partial charge in [0.05, 0.1) is 4.92 Å². The second-order valence-electron chi connectivity index (χ2n) is 3.19. The molecule has 1 aromatic heterocycles. The minimum atomic E-state index is -0.659. The number of nitrogens with two attached hydrogens (primary N) is 1. The predicted molar refractivity (Wildman–Crippen MR) is 63.0 cm³/mol. The highest BCUT2D eigenvalue weighted by atomic mass is 16.6. The van der Waals surface area contributed by atoms with Gasteiger partial charge in [-0.15, -0.1) is 0 Å². The van der Waals surface area contributed by atoms with Crippen molar-refractivity contribution < 1.29 is 9.66 Å². The lowest BCUT2D eigenvalue weighted by Crippen LogP contribution is -2.12. The molecule has 0 aliphatic rings. The van der Waals surface area contributed by atoms with Gasteiger partial charge in [0.15, 0.2) is 0 Å². The van der Waals surface area contributed by atoms with Gasteiger partial charge in [0.2, 0.25) is 5.82 Å². The van der Waals surface area contributed by atoms with E-state index in [1.54, 1.807) is 30.3 Å². The van der Waals surface area contributed by atoms with E-state index in [1.165, 1.54) is 0 Å². The molecule has 2 rings (SSSR count). The largest absolute Gasteiger partial charge is 0.434 e. The number of nitrogens with zero attached hydrogens (tertiary/aromatic N) is 3. The van der Waals surface area contributed by atoms with Crippen molar-refractivity contribution in [3.63, 3.8) is 0 Å². The first-order valence-corrected chi connectivity index (χ1v) is 4.91. The monoisotopic (exact) mass is 247 g/mol. The van der Waals surface area contributed by atoms with Gasteiger partial charge in [-0.25, -0.2) is 10.8 Å². The van der Waals surface area contributed by atoms with Crippen LogP contribution in [-0.4, -0.2) is 14.9 Å². The Labute approximate surface area is 102 Å². The van der Waals surface area contributed by atoms with Crippen LogP contribution in [0.1, 0.15) is 0 Å². The third-order valence-electron chi connectivity index (χ3n) is 2.07. The summed E-state index contributed by atoms with van der Waals surface area (Å²) in [6.45, 7) is 0. The molecule has 0 aliphatic heterocycles. The number of benzene rings is 1. The van der Waals surface area contributed by atoms with Gasteiger partial charge in [-0.3, -0.25) is 10.1 Å². The maximum absolute atomic E-state index is 10.9. The molecule has 3 N–H and O–H groups in total. The molecule has 0 spiro atoms. The fourth-order valence-electron chi connectivity index (χ4n) is 1.31. The number of nitro groups is 1. The highest BCUT2D eigenvalue weighted by Gasteiger charge is 2.24. The average Bonchev–Trinajstić information content (AvgIpc) is 2.39. The smallest absolute Gasteiger partial charge is 0.374 e. The highest BCUT2D eigenvalue weighted by molar-refractivity contribution is 5.61. The van der Waals surface area contributed by atoms with E-state index in [-0.39, 0.29) is 11.7 Å². The Hall–Kier alpha value is -2.74. The maximum atomic E-state index is 10.9. The molecule has 0 aliphatic carbocycles. The van der Waals surface area contributed by atoms with Crippen molar-refractivity contribution >= 4 is 11.5 Å². The van der Waals surface area contributed by atoms with Gasteiger partial charge in [0.25, 0.3) is 0 Å². The van der Waals surface area contributed by atoms with E-state index in [0.717, 1.165) is 6.33 Å². The second-order valence-corrected chi connectivity index (χ2v) is 3.19. The van der Waals surface area contributed by atoms with Gasteiger partial charge in [-0.05, 0) is 12.1 Å². The lowest BCUT2D eigenvalue weighted by molar-refractivity contribution is -0.385. The number of hydrogen-bond acceptors (Lipinski definition) is 7. The predicted octanol–water partition coefficient (Wildman–Crippen LogP) is 1.46. The van der Waals surface area contributed by atoms with Gasteiger partial charge in [0.1, 0.15) is 12.1 Å². The molecule has 0 saturated carbocycles. The Balaban J connectivity index is 2.42. The normalized spacial score (nSPS) is 9.83. The number of rotatable bonds is 4. The summed E-state index contributed by atoms with van der Waals surface area (Å²) in [6, 6.07) is 8.59. The fourth-order valence-corrected chi connectivity index (χ4v) is 1.31. The lowest BCUT2D eigenvalue weighted by atomic mass is 10.3. The van der Waals surface area contributed by atoms with E-state index in [4.69, 9.17) is 10.6 Å². The van der Waals surface area contributed by atoms with Crippen molar-refractivity contribution in [2.24, 2.45) is 5.84 Å². The molecule has 8 nitrogen and oxygen atoms in total. The first kappa shape index (κ1) is 11.7. The van der Waals surface area contributed by atoms with Gasteiger partial charge in [0, 0.05) is 0 Å². The lowest BCUT2D eigenvalue weighted by Gasteiger charge is -2.06. The second kappa shape index (κ2) is 5.06. The van der Waals surface area contributed by atoms with Crippen molar-refractivity contribution in [2.75, 3.05) is 5.43 Å². The first-order chi connectivity index (χ1) is 8.72. The summed E-state index contributed by atoms with van der Waals surface area (Å²) in [5.74, 6) is 5.30. The van der Waals surface area contributed by atoms with Crippen LogP contribution >= 0.6 is 0 Å². The fraction of sp³-hybridized carbons (Fsp3) is 0. The van der Waals surface area contributed by atoms with Gasteiger partial charge >= 0.3 is 11.6 Å². The van der Waals surface area contributed by atoms with Gasteiger partial charge in [-0.2, -0.15) is 4.98 Å². The Morgan fingerprint density at radius 1 is 1.28 bits per heavy atom. The average molecular weight is 247 g/mol. The molecule has 92 valence electrons. The van der Waals surface area contributed by atoms with Gasteiger partial charge < -0.3 is 10.2 Å². The Bertz CT molecular complexity index is 561. The van der Waals surface area contributed by atoms with Crippen molar-refractivity contribution in [2.45, 2.75) is 0 Å². The summed E-state index contributed by atoms with van der Waals surface area (Å²) in [5.41, 5.74) is 1.72. The number of anilines is 1. The number of nitrogens with one attached hydrogen (secondary N) is 1. The molecule has 2 aromatic rings. The summed E-state index contributed by atoms with van der Waals surface area (Å²) in [7, 11) is 0. The van der Waals surface area contributed by atoms with E-state index in [9.17, 15) is 10.1 Å². The Morgan fingerprint density at radius 2 is 2.00 bits per heavy atom. The SMILES string of the molecule is NNc1ncnc(Oc2ccccc2)c1[N+](=O)[O-]. The summed E-state index contributed by atoms with van der Waals surface area (Å²) < 4.78 is 5.32. The van der Waals surface area contributed by atoms with E-state index >= 15 is 0 Å². The molecule has 0 atom stereocenters. The van der Waals surface area contributed by atoms with Crippen molar-refractivity contribution in [3.8, 4) is 11.6 Å². The molecule has 0 amide bonds. The van der Waals surface area contributed by atoms with Crippen LogP contribution in [0.4, 0.5) is 11.5 Å². The highest BCUT2D eigenvalue weighted by Crippen LogP contribution is 2.33. The van der Waals surface area contributed by atoms with Crippen LogP contribution in [0.3, 0.4) is 0 Å². The number of para-hydroxylation sites is 1. The van der Waals surface area contributed by atoms with Gasteiger partial charge in [-0.1, -0.05) is 18.2 Å². The molecule has 18 heavy (non-hydrogen) atoms. The first-order valence-electron chi connectivity index (χ1n) is 4.91. The summed E-state index contributed by atoms with van der Waals surface area (Å²) >= 11 is 0. The zero-order chi connectivity index (χ0) is 13.0. The Kier molecular flexibility index (Phi) is 3.30. The minimum Gasteiger partial charge on any atom is -0.434 e. The number of aromatic nitrogens is 2.